The van der Waals surface area contributed by atoms with Gasteiger partial charge in [0.15, 0.2) is 0 Å². The highest BCUT2D eigenvalue weighted by Gasteiger charge is 2.18. The molecular weight excluding hydrogens is 331 g/mol. The van der Waals surface area contributed by atoms with Crippen LogP contribution in [0.25, 0.3) is 6.08 Å². The minimum atomic E-state index is -0.493. The molecule has 132 valence electrons. The van der Waals surface area contributed by atoms with Crippen molar-refractivity contribution in [2.45, 2.75) is 32.6 Å². The minimum absolute atomic E-state index is 0.493. The fraction of sp³-hybridized carbons (Fsp3) is 0.200. The van der Waals surface area contributed by atoms with Crippen LogP contribution in [0.5, 0.6) is 0 Å². The molecule has 0 radical (unpaired) electrons. The zero-order chi connectivity index (χ0) is 18.0. The highest BCUT2D eigenvalue weighted by atomic mass is 31.1. The van der Waals surface area contributed by atoms with Crippen LogP contribution in [-0.4, -0.2) is 0 Å². The molecule has 0 aliphatic heterocycles. The van der Waals surface area contributed by atoms with E-state index in [0.717, 1.165) is 6.42 Å². The number of hydrogen-bond acceptors (Lipinski definition) is 0. The van der Waals surface area contributed by atoms with E-state index in [1.165, 1.54) is 35.4 Å². The van der Waals surface area contributed by atoms with Crippen molar-refractivity contribution in [1.82, 2.24) is 0 Å². The van der Waals surface area contributed by atoms with Gasteiger partial charge in [0, 0.05) is 0 Å². The van der Waals surface area contributed by atoms with E-state index < -0.39 is 7.92 Å². The van der Waals surface area contributed by atoms with Crippen LogP contribution in [0.15, 0.2) is 96.3 Å². The van der Waals surface area contributed by atoms with E-state index in [-0.39, 0.29) is 0 Å². The Morgan fingerprint density at radius 3 is 1.69 bits per heavy atom. The van der Waals surface area contributed by atoms with E-state index >= 15 is 0 Å². The molecule has 3 aromatic carbocycles. The molecule has 0 unspecified atom stereocenters. The third-order valence-corrected chi connectivity index (χ3v) is 7.04. The van der Waals surface area contributed by atoms with Crippen LogP contribution in [0.2, 0.25) is 0 Å². The number of benzene rings is 3. The standard InChI is InChI=1S/C25H27P/c1-2-3-7-20-25(21-22-14-8-4-9-15-22)26(23-16-10-5-11-17-23)24-18-12-6-13-19-24/h4-6,8-19,21H,2-3,7,20H2,1H3/b25-21+. The maximum atomic E-state index is 2.43. The topological polar surface area (TPSA) is 0 Å². The molecule has 0 N–H and O–H groups in total. The lowest BCUT2D eigenvalue weighted by Crippen LogP contribution is -2.13. The van der Waals surface area contributed by atoms with Gasteiger partial charge < -0.3 is 0 Å². The lowest BCUT2D eigenvalue weighted by Gasteiger charge is -2.23. The number of hydrogen-bond donors (Lipinski definition) is 0. The molecular formula is C25H27P. The molecule has 0 spiro atoms. The third-order valence-electron chi connectivity index (χ3n) is 4.49. The predicted molar refractivity (Wildman–Crippen MR) is 118 cm³/mol. The average molecular weight is 358 g/mol. The van der Waals surface area contributed by atoms with Crippen LogP contribution in [0.1, 0.15) is 38.2 Å². The second-order valence-electron chi connectivity index (χ2n) is 6.51. The zero-order valence-corrected chi connectivity index (χ0v) is 16.4. The van der Waals surface area contributed by atoms with Gasteiger partial charge in [0.25, 0.3) is 0 Å². The van der Waals surface area contributed by atoms with Crippen molar-refractivity contribution in [2.75, 3.05) is 0 Å². The van der Waals surface area contributed by atoms with Gasteiger partial charge in [-0.2, -0.15) is 0 Å². The number of unbranched alkanes of at least 4 members (excludes halogenated alkanes) is 2. The Labute approximate surface area is 159 Å². The molecule has 0 aromatic heterocycles. The maximum Gasteiger partial charge on any atom is -0.0154 e. The molecule has 0 aliphatic rings. The van der Waals surface area contributed by atoms with Crippen LogP contribution >= 0.6 is 7.92 Å². The van der Waals surface area contributed by atoms with Gasteiger partial charge in [-0.15, -0.1) is 0 Å². The van der Waals surface area contributed by atoms with E-state index in [0.29, 0.717) is 0 Å². The summed E-state index contributed by atoms with van der Waals surface area (Å²) in [4.78, 5) is 0. The Hall–Kier alpha value is -2.17. The minimum Gasteiger partial charge on any atom is -0.0654 e. The van der Waals surface area contributed by atoms with Crippen molar-refractivity contribution in [1.29, 1.82) is 0 Å². The zero-order valence-electron chi connectivity index (χ0n) is 15.5. The van der Waals surface area contributed by atoms with Gasteiger partial charge in [-0.3, -0.25) is 0 Å². The summed E-state index contributed by atoms with van der Waals surface area (Å²) in [6.45, 7) is 2.28. The monoisotopic (exact) mass is 358 g/mol. The lowest BCUT2D eigenvalue weighted by molar-refractivity contribution is 0.726. The van der Waals surface area contributed by atoms with Gasteiger partial charge in [0.1, 0.15) is 0 Å². The largest absolute Gasteiger partial charge is 0.0654 e. The van der Waals surface area contributed by atoms with Crippen molar-refractivity contribution in [3.8, 4) is 0 Å². The molecule has 0 nitrogen and oxygen atoms in total. The fourth-order valence-corrected chi connectivity index (χ4v) is 5.74. The Morgan fingerprint density at radius 2 is 1.19 bits per heavy atom. The van der Waals surface area contributed by atoms with E-state index in [1.807, 2.05) is 0 Å². The van der Waals surface area contributed by atoms with Crippen molar-refractivity contribution in [3.63, 3.8) is 0 Å². The first-order valence-corrected chi connectivity index (χ1v) is 10.9. The van der Waals surface area contributed by atoms with E-state index in [4.69, 9.17) is 0 Å². The quantitative estimate of drug-likeness (QED) is 0.309. The van der Waals surface area contributed by atoms with Crippen LogP contribution in [-0.2, 0) is 0 Å². The van der Waals surface area contributed by atoms with Gasteiger partial charge in [0.05, 0.1) is 0 Å². The highest BCUT2D eigenvalue weighted by Crippen LogP contribution is 2.46. The summed E-state index contributed by atoms with van der Waals surface area (Å²) >= 11 is 0. The number of allylic oxidation sites excluding steroid dienone is 1. The van der Waals surface area contributed by atoms with Gasteiger partial charge >= 0.3 is 0 Å². The Kier molecular flexibility index (Phi) is 7.23. The summed E-state index contributed by atoms with van der Waals surface area (Å²) in [6.07, 6.45) is 7.40. The average Bonchev–Trinajstić information content (AvgIpc) is 2.71. The smallest absolute Gasteiger partial charge is 0.0154 e. The maximum absolute atomic E-state index is 2.43. The van der Waals surface area contributed by atoms with Crippen LogP contribution < -0.4 is 10.6 Å². The molecule has 1 heteroatoms. The molecule has 0 bridgehead atoms. The summed E-state index contributed by atoms with van der Waals surface area (Å²) in [5.41, 5.74) is 1.30. The van der Waals surface area contributed by atoms with Crippen LogP contribution in [0.4, 0.5) is 0 Å². The Bertz CT molecular complexity index is 752. The van der Waals surface area contributed by atoms with E-state index in [1.54, 1.807) is 5.31 Å². The van der Waals surface area contributed by atoms with Gasteiger partial charge in [-0.25, -0.2) is 0 Å². The molecule has 0 saturated carbocycles. The molecule has 0 aliphatic carbocycles. The fourth-order valence-electron chi connectivity index (χ4n) is 3.18. The SMILES string of the molecule is CCCCC/C(=C\c1ccccc1)P(c1ccccc1)c1ccccc1. The summed E-state index contributed by atoms with van der Waals surface area (Å²) in [7, 11) is -0.493. The van der Waals surface area contributed by atoms with Crippen molar-refractivity contribution in [3.05, 3.63) is 102 Å². The first kappa shape index (κ1) is 18.6. The summed E-state index contributed by atoms with van der Waals surface area (Å²) < 4.78 is 0. The molecule has 26 heavy (non-hydrogen) atoms. The van der Waals surface area contributed by atoms with Gasteiger partial charge in [-0.1, -0.05) is 117 Å². The highest BCUT2D eigenvalue weighted by molar-refractivity contribution is 7.76. The molecule has 0 atom stereocenters. The Balaban J connectivity index is 2.04. The van der Waals surface area contributed by atoms with Gasteiger partial charge in [-0.05, 0) is 42.2 Å². The first-order valence-electron chi connectivity index (χ1n) is 9.54. The molecule has 0 amide bonds. The van der Waals surface area contributed by atoms with Crippen LogP contribution in [0, 0.1) is 0 Å². The van der Waals surface area contributed by atoms with E-state index in [2.05, 4.69) is 104 Å². The molecule has 0 heterocycles. The molecule has 3 aromatic rings. The van der Waals surface area contributed by atoms with Gasteiger partial charge in [0.2, 0.25) is 0 Å². The Morgan fingerprint density at radius 1 is 0.692 bits per heavy atom. The predicted octanol–water partition coefficient (Wildman–Crippen LogP) is 6.74. The molecule has 3 rings (SSSR count). The third kappa shape index (κ3) is 5.16. The van der Waals surface area contributed by atoms with Crippen LogP contribution in [0.3, 0.4) is 0 Å². The summed E-state index contributed by atoms with van der Waals surface area (Å²) in [5.74, 6) is 0. The first-order chi connectivity index (χ1) is 12.9. The van der Waals surface area contributed by atoms with Crippen molar-refractivity contribution < 1.29 is 0 Å². The second kappa shape index (κ2) is 10.1. The normalized spacial score (nSPS) is 11.7. The molecule has 0 saturated heterocycles. The van der Waals surface area contributed by atoms with Crippen molar-refractivity contribution in [2.24, 2.45) is 0 Å². The van der Waals surface area contributed by atoms with E-state index in [9.17, 15) is 0 Å². The summed E-state index contributed by atoms with van der Waals surface area (Å²) in [5, 5.41) is 4.44. The number of rotatable bonds is 8. The van der Waals surface area contributed by atoms with Crippen molar-refractivity contribution >= 4 is 24.6 Å². The summed E-state index contributed by atoms with van der Waals surface area (Å²) in [6, 6.07) is 32.8. The molecule has 0 fully saturated rings. The lowest BCUT2D eigenvalue weighted by atomic mass is 10.1. The second-order valence-corrected chi connectivity index (χ2v) is 8.79.